The minimum atomic E-state index is 0.212. The van der Waals surface area contributed by atoms with Gasteiger partial charge in [-0.3, -0.25) is 0 Å². The van der Waals surface area contributed by atoms with Gasteiger partial charge < -0.3 is 9.84 Å². The van der Waals surface area contributed by atoms with E-state index in [0.29, 0.717) is 6.10 Å². The summed E-state index contributed by atoms with van der Waals surface area (Å²) < 4.78 is 5.18. The zero-order chi connectivity index (χ0) is 7.40. The number of aliphatic hydroxyl groups excluding tert-OH is 1. The first-order valence-corrected chi connectivity index (χ1v) is 3.85. The molecule has 2 unspecified atom stereocenters. The summed E-state index contributed by atoms with van der Waals surface area (Å²) in [5, 5.41) is 8.46. The highest BCUT2D eigenvalue weighted by Gasteiger charge is 2.35. The topological polar surface area (TPSA) is 32.8 Å². The summed E-state index contributed by atoms with van der Waals surface area (Å²) in [6.07, 6.45) is 4.09. The molecule has 1 fully saturated rings. The van der Waals surface area contributed by atoms with Gasteiger partial charge in [0.25, 0.3) is 0 Å². The van der Waals surface area contributed by atoms with E-state index in [0.717, 1.165) is 12.8 Å². The molecule has 1 aliphatic rings. The van der Waals surface area contributed by atoms with Gasteiger partial charge in [-0.25, -0.2) is 0 Å². The Morgan fingerprint density at radius 3 is 3.00 bits per heavy atom. The highest BCUT2D eigenvalue weighted by molar-refractivity contribution is 6.25. The van der Waals surface area contributed by atoms with Gasteiger partial charge in [0.05, 0.1) is 6.10 Å². The van der Waals surface area contributed by atoms with Gasteiger partial charge in [0.2, 0.25) is 0 Å². The largest absolute Gasteiger partial charge is 0.396 e. The molecule has 0 aliphatic carbocycles. The van der Waals surface area contributed by atoms with Gasteiger partial charge in [0.1, 0.15) is 6.10 Å². The van der Waals surface area contributed by atoms with Crippen LogP contribution in [0, 0.1) is 0 Å². The first-order chi connectivity index (χ1) is 4.88. The molecule has 0 amide bonds. The zero-order valence-electron chi connectivity index (χ0n) is 5.66. The van der Waals surface area contributed by atoms with Crippen molar-refractivity contribution in [2.75, 3.05) is 6.61 Å². The normalized spacial score (nSPS) is 31.4. The number of aliphatic hydroxyl groups is 1. The molecule has 0 saturated carbocycles. The maximum Gasteiger partial charge on any atom is 0.103 e. The smallest absolute Gasteiger partial charge is 0.103 e. The molecule has 0 bridgehead atoms. The number of epoxide rings is 1. The Morgan fingerprint density at radius 2 is 2.40 bits per heavy atom. The van der Waals surface area contributed by atoms with E-state index < -0.39 is 0 Å². The molecule has 0 aromatic carbocycles. The van der Waals surface area contributed by atoms with Crippen LogP contribution in [0.5, 0.6) is 0 Å². The quantitative estimate of drug-likeness (QED) is 0.632. The summed E-state index contributed by atoms with van der Waals surface area (Å²) in [4.78, 5) is 0. The van der Waals surface area contributed by atoms with Crippen molar-refractivity contribution in [1.29, 1.82) is 0 Å². The average molecular weight is 163 g/mol. The van der Waals surface area contributed by atoms with Crippen molar-refractivity contribution in [3.63, 3.8) is 0 Å². The van der Waals surface area contributed by atoms with Crippen LogP contribution in [0.3, 0.4) is 0 Å². The van der Waals surface area contributed by atoms with Crippen LogP contribution in [-0.4, -0.2) is 23.9 Å². The Labute approximate surface area is 65.4 Å². The molecule has 2 nitrogen and oxygen atoms in total. The van der Waals surface area contributed by atoms with Gasteiger partial charge in [-0.1, -0.05) is 11.6 Å². The molecule has 1 N–H and O–H groups in total. The molecule has 1 heterocycles. The molecule has 0 spiro atoms. The second kappa shape index (κ2) is 3.96. The summed E-state index contributed by atoms with van der Waals surface area (Å²) in [6, 6.07) is 0. The average Bonchev–Trinajstić information content (AvgIpc) is 2.65. The van der Waals surface area contributed by atoms with E-state index in [1.165, 1.54) is 5.54 Å². The zero-order valence-corrected chi connectivity index (χ0v) is 6.42. The fraction of sp³-hybridized carbons (Fsp3) is 0.714. The molecule has 2 atom stereocenters. The van der Waals surface area contributed by atoms with Crippen LogP contribution in [0.15, 0.2) is 11.6 Å². The first kappa shape index (κ1) is 8.05. The molecule has 1 saturated heterocycles. The monoisotopic (exact) mass is 162 g/mol. The van der Waals surface area contributed by atoms with Crippen molar-refractivity contribution in [2.24, 2.45) is 0 Å². The summed E-state index contributed by atoms with van der Waals surface area (Å²) in [5.41, 5.74) is 1.48. The van der Waals surface area contributed by atoms with Gasteiger partial charge in [-0.05, 0) is 18.9 Å². The van der Waals surface area contributed by atoms with Gasteiger partial charge in [-0.15, -0.1) is 0 Å². The molecule has 1 aliphatic heterocycles. The standard InChI is InChI=1S/C7H11ClO2/c8-4-3-7-6(10-7)2-1-5-9/h3-4,6-7,9H,1-2,5H2/b4-3+. The summed E-state index contributed by atoms with van der Waals surface area (Å²) in [7, 11) is 0. The van der Waals surface area contributed by atoms with Crippen LogP contribution in [0.25, 0.3) is 0 Å². The van der Waals surface area contributed by atoms with Crippen LogP contribution in [-0.2, 0) is 4.74 Å². The van der Waals surface area contributed by atoms with Crippen molar-refractivity contribution in [2.45, 2.75) is 25.0 Å². The molecule has 1 rings (SSSR count). The van der Waals surface area contributed by atoms with Crippen LogP contribution in [0.1, 0.15) is 12.8 Å². The second-order valence-corrected chi connectivity index (χ2v) is 2.58. The maximum atomic E-state index is 8.46. The molecule has 0 aromatic heterocycles. The molecule has 10 heavy (non-hydrogen) atoms. The van der Waals surface area contributed by atoms with E-state index in [9.17, 15) is 0 Å². The maximum absolute atomic E-state index is 8.46. The number of halogens is 1. The molecule has 58 valence electrons. The first-order valence-electron chi connectivity index (χ1n) is 3.41. The summed E-state index contributed by atoms with van der Waals surface area (Å²) in [6.45, 7) is 0.247. The van der Waals surface area contributed by atoms with Crippen LogP contribution in [0.4, 0.5) is 0 Å². The van der Waals surface area contributed by atoms with E-state index in [2.05, 4.69) is 0 Å². The van der Waals surface area contributed by atoms with E-state index in [4.69, 9.17) is 21.4 Å². The lowest BCUT2D eigenvalue weighted by Gasteiger charge is -1.87. The van der Waals surface area contributed by atoms with Crippen LogP contribution in [0.2, 0.25) is 0 Å². The molecule has 0 aromatic rings. The van der Waals surface area contributed by atoms with Crippen molar-refractivity contribution >= 4 is 11.6 Å². The highest BCUT2D eigenvalue weighted by atomic mass is 35.5. The van der Waals surface area contributed by atoms with Crippen molar-refractivity contribution in [3.8, 4) is 0 Å². The number of hydrogen-bond acceptors (Lipinski definition) is 2. The fourth-order valence-electron chi connectivity index (χ4n) is 0.922. The van der Waals surface area contributed by atoms with Gasteiger partial charge in [0, 0.05) is 12.1 Å². The lowest BCUT2D eigenvalue weighted by atomic mass is 10.2. The van der Waals surface area contributed by atoms with Gasteiger partial charge in [-0.2, -0.15) is 0 Å². The number of rotatable bonds is 4. The van der Waals surface area contributed by atoms with E-state index >= 15 is 0 Å². The third kappa shape index (κ3) is 2.29. The number of ether oxygens (including phenoxy) is 1. The van der Waals surface area contributed by atoms with Gasteiger partial charge in [0.15, 0.2) is 0 Å². The second-order valence-electron chi connectivity index (χ2n) is 2.32. The Hall–Kier alpha value is -0.0500. The SMILES string of the molecule is OCCCC1OC1/C=C/Cl. The fourth-order valence-corrected chi connectivity index (χ4v) is 1.07. The number of hydrogen-bond donors (Lipinski definition) is 1. The summed E-state index contributed by atoms with van der Waals surface area (Å²) in [5.74, 6) is 0. The molecular formula is C7H11ClO2. The predicted octanol–water partition coefficient (Wildman–Crippen LogP) is 1.28. The summed E-state index contributed by atoms with van der Waals surface area (Å²) >= 11 is 5.33. The van der Waals surface area contributed by atoms with Crippen molar-refractivity contribution in [3.05, 3.63) is 11.6 Å². The van der Waals surface area contributed by atoms with Gasteiger partial charge >= 0.3 is 0 Å². The van der Waals surface area contributed by atoms with Crippen molar-refractivity contribution in [1.82, 2.24) is 0 Å². The lowest BCUT2D eigenvalue weighted by molar-refractivity contribution is 0.273. The Morgan fingerprint density at radius 1 is 1.60 bits per heavy atom. The highest BCUT2D eigenvalue weighted by Crippen LogP contribution is 2.27. The van der Waals surface area contributed by atoms with E-state index in [1.54, 1.807) is 0 Å². The molecular weight excluding hydrogens is 152 g/mol. The minimum Gasteiger partial charge on any atom is -0.396 e. The predicted molar refractivity (Wildman–Crippen MR) is 40.0 cm³/mol. The molecule has 0 radical (unpaired) electrons. The third-order valence-electron chi connectivity index (χ3n) is 1.53. The minimum absolute atomic E-state index is 0.212. The van der Waals surface area contributed by atoms with E-state index in [-0.39, 0.29) is 12.7 Å². The van der Waals surface area contributed by atoms with E-state index in [1.807, 2.05) is 6.08 Å². The van der Waals surface area contributed by atoms with Crippen LogP contribution >= 0.6 is 11.6 Å². The Balaban J connectivity index is 2.02. The van der Waals surface area contributed by atoms with Crippen molar-refractivity contribution < 1.29 is 9.84 Å². The molecule has 3 heteroatoms. The third-order valence-corrected chi connectivity index (χ3v) is 1.68. The Kier molecular flexibility index (Phi) is 3.19. The van der Waals surface area contributed by atoms with Crippen LogP contribution < -0.4 is 0 Å². The Bertz CT molecular complexity index is 125. The lowest BCUT2D eigenvalue weighted by Crippen LogP contribution is -1.92.